The van der Waals surface area contributed by atoms with Crippen LogP contribution in [0.4, 0.5) is 0 Å². The van der Waals surface area contributed by atoms with Crippen molar-refractivity contribution in [3.8, 4) is 0 Å². The van der Waals surface area contributed by atoms with Crippen LogP contribution in [0.1, 0.15) is 19.3 Å². The topological polar surface area (TPSA) is 82.3 Å². The Balaban J connectivity index is 1.72. The zero-order valence-corrected chi connectivity index (χ0v) is 11.4. The summed E-state index contributed by atoms with van der Waals surface area (Å²) >= 11 is 0. The average Bonchev–Trinajstić information content (AvgIpc) is 3.01. The van der Waals surface area contributed by atoms with Crippen LogP contribution in [0.5, 0.6) is 0 Å². The molecule has 104 valence electrons. The first kappa shape index (κ1) is 12.7. The molecule has 1 amide bonds. The summed E-state index contributed by atoms with van der Waals surface area (Å²) in [5, 5.41) is 2.85. The molecule has 0 atom stereocenters. The second-order valence-electron chi connectivity index (χ2n) is 5.40. The van der Waals surface area contributed by atoms with Gasteiger partial charge in [-0.05, 0) is 24.3 Å². The molecule has 0 radical (unpaired) electrons. The van der Waals surface area contributed by atoms with E-state index in [1.54, 1.807) is 12.3 Å². The average molecular weight is 283 g/mol. The Morgan fingerprint density at radius 3 is 2.53 bits per heavy atom. The van der Waals surface area contributed by atoms with E-state index in [1.165, 1.54) is 10.5 Å². The molecular formula is C12H17N3O3S. The number of aromatic nitrogens is 1. The predicted molar refractivity (Wildman–Crippen MR) is 68.8 cm³/mol. The van der Waals surface area contributed by atoms with E-state index in [9.17, 15) is 13.2 Å². The van der Waals surface area contributed by atoms with E-state index in [2.05, 4.69) is 10.3 Å². The predicted octanol–water partition coefficient (Wildman–Crippen LogP) is 0.306. The van der Waals surface area contributed by atoms with Gasteiger partial charge in [0.25, 0.3) is 0 Å². The van der Waals surface area contributed by atoms with Crippen LogP contribution in [0.2, 0.25) is 0 Å². The van der Waals surface area contributed by atoms with Crippen LogP contribution in [0.3, 0.4) is 0 Å². The summed E-state index contributed by atoms with van der Waals surface area (Å²) in [5.41, 5.74) is -0.0265. The first-order valence-corrected chi connectivity index (χ1v) is 7.86. The Morgan fingerprint density at radius 2 is 2.00 bits per heavy atom. The summed E-state index contributed by atoms with van der Waals surface area (Å²) in [6.07, 6.45) is 5.13. The van der Waals surface area contributed by atoms with Gasteiger partial charge in [-0.3, -0.25) is 4.79 Å². The number of piperidine rings is 1. The van der Waals surface area contributed by atoms with Crippen LogP contribution >= 0.6 is 0 Å². The van der Waals surface area contributed by atoms with Crippen molar-refractivity contribution in [3.63, 3.8) is 0 Å². The highest BCUT2D eigenvalue weighted by Crippen LogP contribution is 2.38. The lowest BCUT2D eigenvalue weighted by molar-refractivity contribution is -0.119. The van der Waals surface area contributed by atoms with Crippen LogP contribution in [-0.4, -0.2) is 43.2 Å². The van der Waals surface area contributed by atoms with Gasteiger partial charge in [0, 0.05) is 38.4 Å². The van der Waals surface area contributed by atoms with Crippen molar-refractivity contribution in [1.29, 1.82) is 0 Å². The first-order valence-electron chi connectivity index (χ1n) is 6.42. The normalized spacial score (nSPS) is 23.7. The summed E-state index contributed by atoms with van der Waals surface area (Å²) in [5.74, 6) is 0.0851. The SMILES string of the molecule is O=C1CC2(CCN(S(=O)(=O)c3cc[nH]c3)CC2)CN1. The largest absolute Gasteiger partial charge is 0.366 e. The third kappa shape index (κ3) is 2.17. The van der Waals surface area contributed by atoms with Gasteiger partial charge < -0.3 is 10.3 Å². The van der Waals surface area contributed by atoms with E-state index < -0.39 is 10.0 Å². The number of nitrogens with zero attached hydrogens (tertiary/aromatic N) is 1. The fraction of sp³-hybridized carbons (Fsp3) is 0.583. The van der Waals surface area contributed by atoms with Gasteiger partial charge in [0.2, 0.25) is 15.9 Å². The lowest BCUT2D eigenvalue weighted by Crippen LogP contribution is -2.43. The van der Waals surface area contributed by atoms with Gasteiger partial charge in [0.1, 0.15) is 0 Å². The van der Waals surface area contributed by atoms with E-state index in [0.29, 0.717) is 31.0 Å². The van der Waals surface area contributed by atoms with E-state index >= 15 is 0 Å². The molecule has 2 saturated heterocycles. The summed E-state index contributed by atoms with van der Waals surface area (Å²) in [6.45, 7) is 1.66. The Morgan fingerprint density at radius 1 is 1.26 bits per heavy atom. The Bertz CT molecular complexity index is 571. The molecule has 2 aliphatic heterocycles. The molecule has 3 heterocycles. The van der Waals surface area contributed by atoms with Gasteiger partial charge >= 0.3 is 0 Å². The molecular weight excluding hydrogens is 266 g/mol. The number of hydrogen-bond acceptors (Lipinski definition) is 3. The molecule has 2 N–H and O–H groups in total. The van der Waals surface area contributed by atoms with Crippen molar-refractivity contribution in [2.45, 2.75) is 24.2 Å². The Hall–Kier alpha value is -1.34. The van der Waals surface area contributed by atoms with Crippen LogP contribution in [0.25, 0.3) is 0 Å². The Labute approximate surface area is 112 Å². The standard InChI is InChI=1S/C12H17N3O3S/c16-11-7-12(9-14-11)2-5-15(6-3-12)19(17,18)10-1-4-13-8-10/h1,4,8,13H,2-3,5-7,9H2,(H,14,16). The molecule has 0 aliphatic carbocycles. The van der Waals surface area contributed by atoms with Crippen LogP contribution in [0, 0.1) is 5.41 Å². The smallest absolute Gasteiger partial charge is 0.244 e. The number of carbonyl (C=O) groups is 1. The van der Waals surface area contributed by atoms with Gasteiger partial charge in [0.15, 0.2) is 0 Å². The lowest BCUT2D eigenvalue weighted by atomic mass is 9.78. The number of sulfonamides is 1. The van der Waals surface area contributed by atoms with Gasteiger partial charge in [0.05, 0.1) is 4.90 Å². The highest BCUT2D eigenvalue weighted by molar-refractivity contribution is 7.89. The van der Waals surface area contributed by atoms with E-state index in [1.807, 2.05) is 0 Å². The maximum absolute atomic E-state index is 12.3. The minimum Gasteiger partial charge on any atom is -0.366 e. The van der Waals surface area contributed by atoms with Crippen molar-refractivity contribution in [2.75, 3.05) is 19.6 Å². The number of amides is 1. The minimum atomic E-state index is -3.38. The van der Waals surface area contributed by atoms with Crippen molar-refractivity contribution < 1.29 is 13.2 Å². The number of rotatable bonds is 2. The van der Waals surface area contributed by atoms with Crippen LogP contribution < -0.4 is 5.32 Å². The summed E-state index contributed by atoms with van der Waals surface area (Å²) < 4.78 is 26.2. The van der Waals surface area contributed by atoms with Gasteiger partial charge in [-0.25, -0.2) is 8.42 Å². The first-order chi connectivity index (χ1) is 9.02. The third-order valence-corrected chi connectivity index (χ3v) is 6.08. The van der Waals surface area contributed by atoms with Gasteiger partial charge in [-0.15, -0.1) is 0 Å². The van der Waals surface area contributed by atoms with Crippen molar-refractivity contribution in [1.82, 2.24) is 14.6 Å². The molecule has 0 saturated carbocycles. The van der Waals surface area contributed by atoms with Crippen molar-refractivity contribution >= 4 is 15.9 Å². The molecule has 0 bridgehead atoms. The Kier molecular flexibility index (Phi) is 2.90. The van der Waals surface area contributed by atoms with Crippen LogP contribution in [0.15, 0.2) is 23.4 Å². The molecule has 1 aromatic heterocycles. The molecule has 2 aliphatic rings. The molecule has 6 nitrogen and oxygen atoms in total. The molecule has 0 unspecified atom stereocenters. The molecule has 1 aromatic rings. The highest BCUT2D eigenvalue weighted by atomic mass is 32.2. The number of hydrogen-bond donors (Lipinski definition) is 2. The second-order valence-corrected chi connectivity index (χ2v) is 7.34. The zero-order valence-electron chi connectivity index (χ0n) is 10.6. The summed E-state index contributed by atoms with van der Waals surface area (Å²) in [7, 11) is -3.38. The molecule has 19 heavy (non-hydrogen) atoms. The number of carbonyl (C=O) groups excluding carboxylic acids is 1. The fourth-order valence-electron chi connectivity index (χ4n) is 2.92. The molecule has 7 heteroatoms. The van der Waals surface area contributed by atoms with Crippen molar-refractivity contribution in [2.24, 2.45) is 5.41 Å². The molecule has 2 fully saturated rings. The maximum atomic E-state index is 12.3. The van der Waals surface area contributed by atoms with E-state index in [0.717, 1.165) is 12.8 Å². The zero-order chi connectivity index (χ0) is 13.5. The van der Waals surface area contributed by atoms with Crippen molar-refractivity contribution in [3.05, 3.63) is 18.5 Å². The quantitative estimate of drug-likeness (QED) is 0.819. The fourth-order valence-corrected chi connectivity index (χ4v) is 4.34. The summed E-state index contributed by atoms with van der Waals surface area (Å²) in [4.78, 5) is 14.4. The third-order valence-electron chi connectivity index (χ3n) is 4.19. The summed E-state index contributed by atoms with van der Waals surface area (Å²) in [6, 6.07) is 1.57. The van der Waals surface area contributed by atoms with Crippen LogP contribution in [-0.2, 0) is 14.8 Å². The van der Waals surface area contributed by atoms with E-state index in [-0.39, 0.29) is 11.3 Å². The lowest BCUT2D eigenvalue weighted by Gasteiger charge is -2.37. The molecule has 3 rings (SSSR count). The maximum Gasteiger partial charge on any atom is 0.244 e. The van der Waals surface area contributed by atoms with Gasteiger partial charge in [-0.1, -0.05) is 0 Å². The minimum absolute atomic E-state index is 0.0265. The second kappa shape index (κ2) is 4.35. The number of H-pyrrole nitrogens is 1. The molecule has 0 aromatic carbocycles. The van der Waals surface area contributed by atoms with Gasteiger partial charge in [-0.2, -0.15) is 4.31 Å². The molecule has 1 spiro atoms. The number of nitrogens with one attached hydrogen (secondary N) is 2. The van der Waals surface area contributed by atoms with E-state index in [4.69, 9.17) is 0 Å². The highest BCUT2D eigenvalue weighted by Gasteiger charge is 2.43. The number of aromatic amines is 1. The monoisotopic (exact) mass is 283 g/mol.